The van der Waals surface area contributed by atoms with Crippen molar-refractivity contribution in [2.24, 2.45) is 5.92 Å². The highest BCUT2D eigenvalue weighted by atomic mass is 35.5. The van der Waals surface area contributed by atoms with Crippen molar-refractivity contribution in [1.82, 2.24) is 9.55 Å². The lowest BCUT2D eigenvalue weighted by molar-refractivity contribution is -0.117. The number of ether oxygens (including phenoxy) is 3. The SMILES string of the molecule is CC1(c2ccc(Cl)cc2F)Oc2cccc(-c3cc(F)c(Cc4nc5cc(NC(=O)c6cc(F)c7c(c6)C(C6CC6)C(=O)N7)ccc5n4C[C@@H]4CCO4)c(F)c3)c2O1. The second-order valence-electron chi connectivity index (χ2n) is 15.3. The summed E-state index contributed by atoms with van der Waals surface area (Å²) < 4.78 is 82.0. The summed E-state index contributed by atoms with van der Waals surface area (Å²) in [6.07, 6.45) is 2.24. The van der Waals surface area contributed by atoms with Gasteiger partial charge in [-0.3, -0.25) is 9.59 Å². The van der Waals surface area contributed by atoms with Crippen LogP contribution in [0, 0.1) is 29.2 Å². The zero-order valence-electron chi connectivity index (χ0n) is 30.8. The molecule has 4 aliphatic rings. The predicted octanol–water partition coefficient (Wildman–Crippen LogP) is 9.63. The van der Waals surface area contributed by atoms with Crippen LogP contribution < -0.4 is 20.1 Å². The van der Waals surface area contributed by atoms with Crippen molar-refractivity contribution >= 4 is 45.8 Å². The molecule has 1 aromatic heterocycles. The van der Waals surface area contributed by atoms with E-state index in [1.807, 2.05) is 4.57 Å². The average molecular weight is 809 g/mol. The molecule has 0 bridgehead atoms. The van der Waals surface area contributed by atoms with Gasteiger partial charge in [0.25, 0.3) is 11.7 Å². The number of fused-ring (bicyclic) bond motifs is 3. The third-order valence-electron chi connectivity index (χ3n) is 11.4. The number of rotatable bonds is 9. The first-order valence-corrected chi connectivity index (χ1v) is 19.3. The maximum absolute atomic E-state index is 16.1. The second-order valence-corrected chi connectivity index (χ2v) is 15.7. The highest BCUT2D eigenvalue weighted by Gasteiger charge is 2.44. The fourth-order valence-corrected chi connectivity index (χ4v) is 8.37. The summed E-state index contributed by atoms with van der Waals surface area (Å²) in [5.74, 6) is -4.80. The Morgan fingerprint density at radius 1 is 0.948 bits per heavy atom. The third kappa shape index (κ3) is 6.24. The lowest BCUT2D eigenvalue weighted by Gasteiger charge is -2.27. The topological polar surface area (TPSA) is 104 Å². The van der Waals surface area contributed by atoms with Gasteiger partial charge in [0.2, 0.25) is 5.91 Å². The maximum Gasteiger partial charge on any atom is 0.278 e. The molecule has 2 fully saturated rings. The molecule has 2 unspecified atom stereocenters. The molecule has 2 N–H and O–H groups in total. The summed E-state index contributed by atoms with van der Waals surface area (Å²) in [5, 5.41) is 5.64. The molecule has 5 aromatic carbocycles. The van der Waals surface area contributed by atoms with Crippen LogP contribution in [0.3, 0.4) is 0 Å². The van der Waals surface area contributed by atoms with E-state index in [1.165, 1.54) is 24.3 Å². The van der Waals surface area contributed by atoms with E-state index in [9.17, 15) is 14.0 Å². The smallest absolute Gasteiger partial charge is 0.278 e. The van der Waals surface area contributed by atoms with E-state index in [0.29, 0.717) is 46.8 Å². The summed E-state index contributed by atoms with van der Waals surface area (Å²) >= 11 is 5.96. The number of imidazole rings is 1. The van der Waals surface area contributed by atoms with Crippen molar-refractivity contribution < 1.29 is 41.4 Å². The highest BCUT2D eigenvalue weighted by Crippen LogP contribution is 2.51. The summed E-state index contributed by atoms with van der Waals surface area (Å²) in [6, 6.07) is 19.2. The fourth-order valence-electron chi connectivity index (χ4n) is 8.21. The van der Waals surface area contributed by atoms with Crippen LogP contribution in [-0.4, -0.2) is 34.1 Å². The molecule has 3 aliphatic heterocycles. The Hall–Kier alpha value is -5.92. The number of nitrogens with zero attached hydrogens (tertiary/aromatic N) is 2. The Labute approximate surface area is 333 Å². The molecular formula is C44H33ClF4N4O5. The molecule has 294 valence electrons. The molecule has 3 atom stereocenters. The number of carbonyl (C=O) groups excluding carboxylic acids is 2. The van der Waals surface area contributed by atoms with Crippen LogP contribution in [0.2, 0.25) is 5.02 Å². The minimum absolute atomic E-state index is 0.0743. The predicted molar refractivity (Wildman–Crippen MR) is 207 cm³/mol. The molecule has 1 aliphatic carbocycles. The molecule has 6 aromatic rings. The first kappa shape index (κ1) is 36.4. The molecular weight excluding hydrogens is 776 g/mol. The van der Waals surface area contributed by atoms with Crippen LogP contribution >= 0.6 is 11.6 Å². The first-order chi connectivity index (χ1) is 27.9. The van der Waals surface area contributed by atoms with Crippen molar-refractivity contribution in [2.75, 3.05) is 17.2 Å². The van der Waals surface area contributed by atoms with Crippen LogP contribution in [0.4, 0.5) is 28.9 Å². The van der Waals surface area contributed by atoms with Gasteiger partial charge in [0.15, 0.2) is 11.5 Å². The lowest BCUT2D eigenvalue weighted by atomic mass is 9.94. The van der Waals surface area contributed by atoms with Gasteiger partial charge in [0.1, 0.15) is 29.1 Å². The highest BCUT2D eigenvalue weighted by molar-refractivity contribution is 6.30. The number of carbonyl (C=O) groups is 2. The van der Waals surface area contributed by atoms with Gasteiger partial charge in [-0.15, -0.1) is 0 Å². The van der Waals surface area contributed by atoms with E-state index in [-0.39, 0.29) is 68.8 Å². The molecule has 9 nitrogen and oxygen atoms in total. The fraction of sp³-hybridized carbons (Fsp3) is 0.250. The molecule has 0 radical (unpaired) electrons. The summed E-state index contributed by atoms with van der Waals surface area (Å²) in [5.41, 5.74) is 2.62. The molecule has 14 heteroatoms. The number of amides is 2. The van der Waals surface area contributed by atoms with E-state index in [2.05, 4.69) is 10.6 Å². The molecule has 2 amide bonds. The Morgan fingerprint density at radius 3 is 2.47 bits per heavy atom. The van der Waals surface area contributed by atoms with Crippen molar-refractivity contribution in [1.29, 1.82) is 0 Å². The number of halogens is 5. The minimum Gasteiger partial charge on any atom is -0.444 e. The zero-order chi connectivity index (χ0) is 40.0. The number of nitrogens with one attached hydrogen (secondary N) is 2. The number of para-hydroxylation sites is 1. The van der Waals surface area contributed by atoms with Gasteiger partial charge in [-0.05, 0) is 103 Å². The third-order valence-corrected chi connectivity index (χ3v) is 11.6. The second kappa shape index (κ2) is 13.6. The van der Waals surface area contributed by atoms with E-state index in [4.69, 9.17) is 30.8 Å². The lowest BCUT2D eigenvalue weighted by Crippen LogP contribution is -2.32. The van der Waals surface area contributed by atoms with Crippen molar-refractivity contribution in [2.45, 2.75) is 57.0 Å². The zero-order valence-corrected chi connectivity index (χ0v) is 31.6. The van der Waals surface area contributed by atoms with Crippen LogP contribution in [0.25, 0.3) is 22.2 Å². The van der Waals surface area contributed by atoms with Gasteiger partial charge in [-0.1, -0.05) is 23.7 Å². The molecule has 1 saturated heterocycles. The molecule has 1 saturated carbocycles. The normalized spacial score (nSPS) is 20.6. The van der Waals surface area contributed by atoms with E-state index in [0.717, 1.165) is 31.4 Å². The first-order valence-electron chi connectivity index (χ1n) is 18.9. The number of anilines is 2. The van der Waals surface area contributed by atoms with E-state index < -0.39 is 40.9 Å². The number of benzene rings is 5. The van der Waals surface area contributed by atoms with Crippen molar-refractivity contribution in [3.8, 4) is 22.6 Å². The number of hydrogen-bond acceptors (Lipinski definition) is 6. The monoisotopic (exact) mass is 808 g/mol. The number of hydrogen-bond donors (Lipinski definition) is 2. The Kier molecular flexibility index (Phi) is 8.54. The van der Waals surface area contributed by atoms with Crippen LogP contribution in [0.15, 0.2) is 78.9 Å². The van der Waals surface area contributed by atoms with Crippen molar-refractivity contribution in [3.63, 3.8) is 0 Å². The van der Waals surface area contributed by atoms with E-state index in [1.54, 1.807) is 49.4 Å². The van der Waals surface area contributed by atoms with Crippen LogP contribution in [0.1, 0.15) is 65.0 Å². The summed E-state index contributed by atoms with van der Waals surface area (Å²) in [4.78, 5) is 30.8. The minimum atomic E-state index is -1.56. The van der Waals surface area contributed by atoms with Gasteiger partial charge in [0, 0.05) is 47.4 Å². The quantitative estimate of drug-likeness (QED) is 0.141. The molecule has 10 rings (SSSR count). The van der Waals surface area contributed by atoms with Crippen LogP contribution in [-0.2, 0) is 28.3 Å². The van der Waals surface area contributed by atoms with E-state index >= 15 is 13.2 Å². The maximum atomic E-state index is 16.1. The largest absolute Gasteiger partial charge is 0.444 e. The Bertz CT molecular complexity index is 2710. The summed E-state index contributed by atoms with van der Waals surface area (Å²) in [7, 11) is 0. The van der Waals surface area contributed by atoms with Gasteiger partial charge in [-0.2, -0.15) is 0 Å². The Balaban J connectivity index is 0.934. The van der Waals surface area contributed by atoms with Crippen LogP contribution in [0.5, 0.6) is 11.5 Å². The number of aromatic nitrogens is 2. The average Bonchev–Trinajstić information content (AvgIpc) is 3.72. The van der Waals surface area contributed by atoms with Gasteiger partial charge in [0.05, 0.1) is 40.9 Å². The molecule has 58 heavy (non-hydrogen) atoms. The van der Waals surface area contributed by atoms with Gasteiger partial charge < -0.3 is 29.4 Å². The summed E-state index contributed by atoms with van der Waals surface area (Å²) in [6.45, 7) is 2.54. The molecule has 0 spiro atoms. The van der Waals surface area contributed by atoms with Gasteiger partial charge in [-0.25, -0.2) is 22.5 Å². The standard InChI is InChI=1S/C44H33ClF4N4O5/c1-44(30-9-7-24(45)17-33(30)48)57-37-4-2-3-27(41(37)58-44)22-14-31(46)28(32(47)15-22)19-38-51-35-18-25(8-10-36(35)53(38)20-26-11-12-56-26)50-42(54)23-13-29-39(21-5-6-21)43(55)52-40(29)34(49)16-23/h2-4,7-10,13-18,21,26,39H,5-6,11-12,19-20H2,1H3,(H,50,54)(H,52,55)/t26-,39?,44?/m0/s1. The molecule has 4 heterocycles. The van der Waals surface area contributed by atoms with Gasteiger partial charge >= 0.3 is 0 Å². The van der Waals surface area contributed by atoms with Crippen molar-refractivity contribution in [3.05, 3.63) is 135 Å². The Morgan fingerprint density at radius 2 is 1.74 bits per heavy atom.